The third-order valence-electron chi connectivity index (χ3n) is 2.78. The van der Waals surface area contributed by atoms with Crippen LogP contribution in [0.2, 0.25) is 0 Å². The maximum Gasteiger partial charge on any atom is 0.00950 e. The highest BCUT2D eigenvalue weighted by Crippen LogP contribution is 2.14. The molecular weight excluding hydrogens is 170 g/mol. The molecule has 0 spiro atoms. The molecule has 0 heterocycles. The first kappa shape index (κ1) is 14.0. The smallest absolute Gasteiger partial charge is 0.00950 e. The van der Waals surface area contributed by atoms with Gasteiger partial charge in [-0.25, -0.2) is 0 Å². The molecule has 0 saturated carbocycles. The number of rotatable bonds is 9. The van der Waals surface area contributed by atoms with Gasteiger partial charge in [0.25, 0.3) is 0 Å². The van der Waals surface area contributed by atoms with Crippen molar-refractivity contribution < 1.29 is 0 Å². The number of hydrogen-bond acceptors (Lipinski definition) is 1. The van der Waals surface area contributed by atoms with Crippen LogP contribution in [0.3, 0.4) is 0 Å². The summed E-state index contributed by atoms with van der Waals surface area (Å²) in [5.74, 6) is 0. The summed E-state index contributed by atoms with van der Waals surface area (Å²) >= 11 is 0. The molecule has 0 aromatic heterocycles. The topological polar surface area (TPSA) is 3.24 Å². The van der Waals surface area contributed by atoms with E-state index in [1.807, 2.05) is 0 Å². The molecule has 0 saturated heterocycles. The monoisotopic (exact) mass is 199 g/mol. The van der Waals surface area contributed by atoms with Gasteiger partial charge >= 0.3 is 0 Å². The highest BCUT2D eigenvalue weighted by molar-refractivity contribution is 4.70. The van der Waals surface area contributed by atoms with E-state index in [4.69, 9.17) is 0 Å². The molecule has 14 heavy (non-hydrogen) atoms. The molecule has 0 aliphatic carbocycles. The van der Waals surface area contributed by atoms with Gasteiger partial charge in [-0.15, -0.1) is 0 Å². The highest BCUT2D eigenvalue weighted by atomic mass is 15.1. The van der Waals surface area contributed by atoms with Crippen molar-refractivity contribution in [2.75, 3.05) is 13.1 Å². The Morgan fingerprint density at radius 1 is 0.714 bits per heavy atom. The summed E-state index contributed by atoms with van der Waals surface area (Å²) < 4.78 is 0. The van der Waals surface area contributed by atoms with Gasteiger partial charge in [0.05, 0.1) is 0 Å². The van der Waals surface area contributed by atoms with E-state index in [0.29, 0.717) is 0 Å². The zero-order chi connectivity index (χ0) is 10.8. The van der Waals surface area contributed by atoms with E-state index < -0.39 is 0 Å². The van der Waals surface area contributed by atoms with Gasteiger partial charge in [0.1, 0.15) is 0 Å². The molecule has 1 nitrogen and oxygen atoms in total. The van der Waals surface area contributed by atoms with Crippen LogP contribution < -0.4 is 0 Å². The molecule has 0 N–H and O–H groups in total. The summed E-state index contributed by atoms with van der Waals surface area (Å²) in [6.45, 7) is 11.8. The van der Waals surface area contributed by atoms with E-state index in [2.05, 4.69) is 32.6 Å². The van der Waals surface area contributed by atoms with Crippen molar-refractivity contribution in [1.82, 2.24) is 4.90 Å². The molecule has 0 atom stereocenters. The molecule has 86 valence electrons. The lowest BCUT2D eigenvalue weighted by Gasteiger charge is -2.31. The van der Waals surface area contributed by atoms with Crippen molar-refractivity contribution in [3.05, 3.63) is 0 Å². The third-order valence-corrected chi connectivity index (χ3v) is 2.78. The van der Waals surface area contributed by atoms with Gasteiger partial charge in [-0.1, -0.05) is 40.5 Å². The SMILES string of the molecule is CCCC(CCC)N(CCC)CCC. The quantitative estimate of drug-likeness (QED) is 0.541. The molecule has 0 unspecified atom stereocenters. The first-order chi connectivity index (χ1) is 6.79. The average Bonchev–Trinajstić information content (AvgIpc) is 2.17. The molecule has 0 aromatic carbocycles. The maximum atomic E-state index is 2.70. The van der Waals surface area contributed by atoms with E-state index >= 15 is 0 Å². The Kier molecular flexibility index (Phi) is 9.49. The lowest BCUT2D eigenvalue weighted by molar-refractivity contribution is 0.175. The average molecular weight is 199 g/mol. The second-order valence-corrected chi connectivity index (χ2v) is 4.27. The van der Waals surface area contributed by atoms with Gasteiger partial charge < -0.3 is 4.90 Å². The minimum Gasteiger partial charge on any atom is -0.300 e. The molecular formula is C13H29N. The van der Waals surface area contributed by atoms with Crippen LogP contribution in [0.1, 0.15) is 66.2 Å². The predicted octanol–water partition coefficient (Wildman–Crippen LogP) is 4.08. The fourth-order valence-corrected chi connectivity index (χ4v) is 2.23. The highest BCUT2D eigenvalue weighted by Gasteiger charge is 2.14. The van der Waals surface area contributed by atoms with E-state index in [1.54, 1.807) is 0 Å². The van der Waals surface area contributed by atoms with Gasteiger partial charge in [0, 0.05) is 6.04 Å². The summed E-state index contributed by atoms with van der Waals surface area (Å²) in [5, 5.41) is 0. The van der Waals surface area contributed by atoms with E-state index in [9.17, 15) is 0 Å². The molecule has 0 rings (SSSR count). The van der Waals surface area contributed by atoms with Crippen molar-refractivity contribution in [1.29, 1.82) is 0 Å². The molecule has 0 amide bonds. The lowest BCUT2D eigenvalue weighted by atomic mass is 10.0. The predicted molar refractivity (Wildman–Crippen MR) is 65.8 cm³/mol. The molecule has 0 aliphatic heterocycles. The van der Waals surface area contributed by atoms with Gasteiger partial charge in [0.15, 0.2) is 0 Å². The van der Waals surface area contributed by atoms with Crippen LogP contribution in [0.15, 0.2) is 0 Å². The molecule has 1 heteroatoms. The minimum absolute atomic E-state index is 0.852. The van der Waals surface area contributed by atoms with Crippen molar-refractivity contribution >= 4 is 0 Å². The fourth-order valence-electron chi connectivity index (χ4n) is 2.23. The van der Waals surface area contributed by atoms with Crippen LogP contribution in [-0.4, -0.2) is 24.0 Å². The van der Waals surface area contributed by atoms with Crippen LogP contribution in [0.25, 0.3) is 0 Å². The van der Waals surface area contributed by atoms with Crippen LogP contribution >= 0.6 is 0 Å². The second-order valence-electron chi connectivity index (χ2n) is 4.27. The lowest BCUT2D eigenvalue weighted by Crippen LogP contribution is -2.36. The van der Waals surface area contributed by atoms with E-state index in [-0.39, 0.29) is 0 Å². The molecule has 0 aliphatic rings. The zero-order valence-electron chi connectivity index (χ0n) is 10.7. The Hall–Kier alpha value is -0.0400. The molecule has 0 bridgehead atoms. The Bertz CT molecular complexity index is 85.8. The summed E-state index contributed by atoms with van der Waals surface area (Å²) in [6.07, 6.45) is 8.01. The van der Waals surface area contributed by atoms with E-state index in [1.165, 1.54) is 51.6 Å². The first-order valence-corrected chi connectivity index (χ1v) is 6.54. The van der Waals surface area contributed by atoms with Crippen LogP contribution in [-0.2, 0) is 0 Å². The summed E-state index contributed by atoms with van der Waals surface area (Å²) in [6, 6.07) is 0.852. The van der Waals surface area contributed by atoms with Crippen molar-refractivity contribution in [3.63, 3.8) is 0 Å². The number of nitrogens with zero attached hydrogens (tertiary/aromatic N) is 1. The summed E-state index contributed by atoms with van der Waals surface area (Å²) in [4.78, 5) is 2.70. The van der Waals surface area contributed by atoms with Gasteiger partial charge in [-0.3, -0.25) is 0 Å². The molecule has 0 aromatic rings. The first-order valence-electron chi connectivity index (χ1n) is 6.54. The zero-order valence-corrected chi connectivity index (χ0v) is 10.7. The number of hydrogen-bond donors (Lipinski definition) is 0. The summed E-state index contributed by atoms with van der Waals surface area (Å²) in [5.41, 5.74) is 0. The van der Waals surface area contributed by atoms with Gasteiger partial charge in [-0.2, -0.15) is 0 Å². The standard InChI is InChI=1S/C13H29N/c1-5-9-13(10-6-2)14(11-7-3)12-8-4/h13H,5-12H2,1-4H3. The van der Waals surface area contributed by atoms with Crippen LogP contribution in [0.4, 0.5) is 0 Å². The Morgan fingerprint density at radius 3 is 1.43 bits per heavy atom. The van der Waals surface area contributed by atoms with Crippen molar-refractivity contribution in [2.24, 2.45) is 0 Å². The maximum absolute atomic E-state index is 2.70. The van der Waals surface area contributed by atoms with Crippen LogP contribution in [0, 0.1) is 0 Å². The van der Waals surface area contributed by atoms with Crippen LogP contribution in [0.5, 0.6) is 0 Å². The Labute approximate surface area is 90.9 Å². The Balaban J connectivity index is 4.06. The van der Waals surface area contributed by atoms with Crippen molar-refractivity contribution in [3.8, 4) is 0 Å². The van der Waals surface area contributed by atoms with Gasteiger partial charge in [0.2, 0.25) is 0 Å². The normalized spacial score (nSPS) is 11.6. The minimum atomic E-state index is 0.852. The fraction of sp³-hybridized carbons (Fsp3) is 1.00. The van der Waals surface area contributed by atoms with E-state index in [0.717, 1.165) is 6.04 Å². The largest absolute Gasteiger partial charge is 0.300 e. The molecule has 0 fully saturated rings. The Morgan fingerprint density at radius 2 is 1.14 bits per heavy atom. The molecule has 0 radical (unpaired) electrons. The van der Waals surface area contributed by atoms with Gasteiger partial charge in [-0.05, 0) is 38.8 Å². The second kappa shape index (κ2) is 9.51. The van der Waals surface area contributed by atoms with Crippen molar-refractivity contribution in [2.45, 2.75) is 72.3 Å². The summed E-state index contributed by atoms with van der Waals surface area (Å²) in [7, 11) is 0. The third kappa shape index (κ3) is 5.64.